The first-order valence-corrected chi connectivity index (χ1v) is 6.76. The van der Waals surface area contributed by atoms with E-state index in [0.29, 0.717) is 19.3 Å². The quantitative estimate of drug-likeness (QED) is 0.505. The van der Waals surface area contributed by atoms with Crippen molar-refractivity contribution < 1.29 is 19.0 Å². The fourth-order valence-electron chi connectivity index (χ4n) is 2.10. The summed E-state index contributed by atoms with van der Waals surface area (Å²) in [5, 5.41) is 0. The first-order valence-electron chi connectivity index (χ1n) is 6.76. The Morgan fingerprint density at radius 2 is 2.22 bits per heavy atom. The summed E-state index contributed by atoms with van der Waals surface area (Å²) in [5.41, 5.74) is 0. The van der Waals surface area contributed by atoms with Crippen LogP contribution in [0.15, 0.2) is 0 Å². The van der Waals surface area contributed by atoms with Gasteiger partial charge >= 0.3 is 5.97 Å². The summed E-state index contributed by atoms with van der Waals surface area (Å²) in [4.78, 5) is 13.5. The molecule has 2 unspecified atom stereocenters. The highest BCUT2D eigenvalue weighted by molar-refractivity contribution is 5.70. The number of nitrogens with zero attached hydrogens (tertiary/aromatic N) is 1. The van der Waals surface area contributed by atoms with Gasteiger partial charge in [-0.25, -0.2) is 4.79 Å². The van der Waals surface area contributed by atoms with E-state index in [9.17, 15) is 4.79 Å². The lowest BCUT2D eigenvalue weighted by molar-refractivity contribution is -0.148. The zero-order valence-corrected chi connectivity index (χ0v) is 11.7. The van der Waals surface area contributed by atoms with Gasteiger partial charge in [0, 0.05) is 19.1 Å². The second-order valence-corrected chi connectivity index (χ2v) is 4.56. The van der Waals surface area contributed by atoms with Crippen LogP contribution >= 0.6 is 0 Å². The minimum Gasteiger partial charge on any atom is -0.464 e. The molecule has 1 heterocycles. The molecule has 1 aliphatic rings. The second-order valence-electron chi connectivity index (χ2n) is 4.56. The molecule has 5 nitrogen and oxygen atoms in total. The van der Waals surface area contributed by atoms with E-state index in [1.54, 1.807) is 6.92 Å². The Kier molecular flexibility index (Phi) is 7.23. The third kappa shape index (κ3) is 5.33. The number of carbonyl (C=O) groups excluding carboxylic acids is 1. The molecular formula is C13H25NO4. The van der Waals surface area contributed by atoms with E-state index in [0.717, 1.165) is 26.1 Å². The summed E-state index contributed by atoms with van der Waals surface area (Å²) >= 11 is 0. The van der Waals surface area contributed by atoms with Gasteiger partial charge in [-0.15, -0.1) is 0 Å². The predicted molar refractivity (Wildman–Crippen MR) is 68.5 cm³/mol. The van der Waals surface area contributed by atoms with Gasteiger partial charge in [-0.3, -0.25) is 4.90 Å². The third-order valence-corrected chi connectivity index (χ3v) is 3.10. The van der Waals surface area contributed by atoms with Crippen molar-refractivity contribution >= 4 is 5.97 Å². The van der Waals surface area contributed by atoms with E-state index in [1.807, 2.05) is 0 Å². The molecule has 106 valence electrons. The summed E-state index contributed by atoms with van der Waals surface area (Å²) in [5.74, 6) is -0.292. The van der Waals surface area contributed by atoms with Gasteiger partial charge in [0.05, 0.1) is 25.9 Å². The van der Waals surface area contributed by atoms with Crippen LogP contribution in [0.4, 0.5) is 0 Å². The Labute approximate surface area is 109 Å². The number of ether oxygens (including phenoxy) is 3. The minimum absolute atomic E-state index is 0.0462. The van der Waals surface area contributed by atoms with Crippen molar-refractivity contribution in [2.75, 3.05) is 39.5 Å². The van der Waals surface area contributed by atoms with Crippen LogP contribution in [-0.4, -0.2) is 62.5 Å². The van der Waals surface area contributed by atoms with Crippen LogP contribution in [0.3, 0.4) is 0 Å². The maximum atomic E-state index is 11.1. The molecule has 0 saturated carbocycles. The summed E-state index contributed by atoms with van der Waals surface area (Å²) in [6.45, 7) is 9.60. The molecule has 18 heavy (non-hydrogen) atoms. The average Bonchev–Trinajstić information content (AvgIpc) is 2.35. The highest BCUT2D eigenvalue weighted by Crippen LogP contribution is 2.13. The third-order valence-electron chi connectivity index (χ3n) is 3.10. The lowest BCUT2D eigenvalue weighted by atomic mass is 10.1. The van der Waals surface area contributed by atoms with Gasteiger partial charge < -0.3 is 14.2 Å². The van der Waals surface area contributed by atoms with Gasteiger partial charge in [-0.2, -0.15) is 0 Å². The van der Waals surface area contributed by atoms with Crippen molar-refractivity contribution in [3.63, 3.8) is 0 Å². The van der Waals surface area contributed by atoms with Gasteiger partial charge in [-0.05, 0) is 20.3 Å². The largest absolute Gasteiger partial charge is 0.464 e. The molecule has 0 bridgehead atoms. The van der Waals surface area contributed by atoms with Gasteiger partial charge in [0.2, 0.25) is 0 Å². The summed E-state index contributed by atoms with van der Waals surface area (Å²) in [6.07, 6.45) is 1.35. The van der Waals surface area contributed by atoms with Crippen molar-refractivity contribution in [1.82, 2.24) is 4.90 Å². The van der Waals surface area contributed by atoms with Crippen LogP contribution in [0.5, 0.6) is 0 Å². The Bertz CT molecular complexity index is 247. The SMILES string of the molecule is CCOC(=O)COCCN1CC(C)OCC1CC. The fraction of sp³-hybridized carbons (Fsp3) is 0.923. The van der Waals surface area contributed by atoms with E-state index in [4.69, 9.17) is 14.2 Å². The van der Waals surface area contributed by atoms with Crippen LogP contribution in [0.1, 0.15) is 27.2 Å². The highest BCUT2D eigenvalue weighted by atomic mass is 16.6. The zero-order valence-electron chi connectivity index (χ0n) is 11.7. The number of carbonyl (C=O) groups is 1. The molecule has 0 aliphatic carbocycles. The Hall–Kier alpha value is -0.650. The van der Waals surface area contributed by atoms with E-state index in [2.05, 4.69) is 18.7 Å². The number of esters is 1. The molecular weight excluding hydrogens is 234 g/mol. The van der Waals surface area contributed by atoms with Crippen molar-refractivity contribution in [1.29, 1.82) is 0 Å². The Morgan fingerprint density at radius 1 is 1.44 bits per heavy atom. The van der Waals surface area contributed by atoms with Gasteiger partial charge in [0.1, 0.15) is 6.61 Å². The van der Waals surface area contributed by atoms with E-state index in [1.165, 1.54) is 0 Å². The van der Waals surface area contributed by atoms with Crippen LogP contribution in [0.25, 0.3) is 0 Å². The van der Waals surface area contributed by atoms with Gasteiger partial charge in [-0.1, -0.05) is 6.92 Å². The van der Waals surface area contributed by atoms with Crippen LogP contribution < -0.4 is 0 Å². The smallest absolute Gasteiger partial charge is 0.332 e. The lowest BCUT2D eigenvalue weighted by Gasteiger charge is -2.38. The molecule has 0 N–H and O–H groups in total. The fourth-order valence-corrected chi connectivity index (χ4v) is 2.10. The van der Waals surface area contributed by atoms with Crippen LogP contribution in [0, 0.1) is 0 Å². The maximum Gasteiger partial charge on any atom is 0.332 e. The standard InChI is InChI=1S/C13H25NO4/c1-4-12-9-18-11(3)8-14(12)6-7-16-10-13(15)17-5-2/h11-12H,4-10H2,1-3H3. The molecule has 5 heteroatoms. The Balaban J connectivity index is 2.18. The van der Waals surface area contributed by atoms with Crippen molar-refractivity contribution in [2.45, 2.75) is 39.3 Å². The molecule has 1 aliphatic heterocycles. The van der Waals surface area contributed by atoms with Crippen molar-refractivity contribution in [3.8, 4) is 0 Å². The molecule has 0 radical (unpaired) electrons. The molecule has 0 aromatic heterocycles. The topological polar surface area (TPSA) is 48.0 Å². The van der Waals surface area contributed by atoms with Crippen molar-refractivity contribution in [3.05, 3.63) is 0 Å². The van der Waals surface area contributed by atoms with Crippen LogP contribution in [-0.2, 0) is 19.0 Å². The normalized spacial score (nSPS) is 25.1. The molecule has 0 aromatic rings. The molecule has 1 rings (SSSR count). The average molecular weight is 259 g/mol. The first kappa shape index (κ1) is 15.4. The summed E-state index contributed by atoms with van der Waals surface area (Å²) < 4.78 is 15.7. The molecule has 0 aromatic carbocycles. The van der Waals surface area contributed by atoms with Crippen molar-refractivity contribution in [2.24, 2.45) is 0 Å². The predicted octanol–water partition coefficient (Wildman–Crippen LogP) is 1.07. The van der Waals surface area contributed by atoms with Gasteiger partial charge in [0.25, 0.3) is 0 Å². The Morgan fingerprint density at radius 3 is 2.89 bits per heavy atom. The van der Waals surface area contributed by atoms with E-state index < -0.39 is 0 Å². The zero-order chi connectivity index (χ0) is 13.4. The number of morpholine rings is 1. The van der Waals surface area contributed by atoms with E-state index >= 15 is 0 Å². The first-order chi connectivity index (χ1) is 8.67. The second kappa shape index (κ2) is 8.45. The summed E-state index contributed by atoms with van der Waals surface area (Å²) in [6, 6.07) is 0.465. The maximum absolute atomic E-state index is 11.1. The lowest BCUT2D eigenvalue weighted by Crippen LogP contribution is -2.49. The number of hydrogen-bond donors (Lipinski definition) is 0. The number of rotatable bonds is 7. The van der Waals surface area contributed by atoms with Gasteiger partial charge in [0.15, 0.2) is 0 Å². The number of hydrogen-bond acceptors (Lipinski definition) is 5. The molecule has 1 fully saturated rings. The van der Waals surface area contributed by atoms with E-state index in [-0.39, 0.29) is 18.7 Å². The van der Waals surface area contributed by atoms with Crippen LogP contribution in [0.2, 0.25) is 0 Å². The minimum atomic E-state index is -0.292. The molecule has 0 amide bonds. The highest BCUT2D eigenvalue weighted by Gasteiger charge is 2.24. The molecule has 0 spiro atoms. The summed E-state index contributed by atoms with van der Waals surface area (Å²) in [7, 11) is 0. The monoisotopic (exact) mass is 259 g/mol. The molecule has 1 saturated heterocycles. The molecule has 2 atom stereocenters.